The normalized spacial score (nSPS) is 9.94. The van der Waals surface area contributed by atoms with Gasteiger partial charge in [-0.15, -0.1) is 0 Å². The number of urea groups is 1. The Balaban J connectivity index is 3.45. The largest absolute Gasteiger partial charge is 0.508 e. The molecule has 2 amide bonds. The average Bonchev–Trinajstić information content (AvgIpc) is 2.30. The van der Waals surface area contributed by atoms with E-state index in [1.165, 1.54) is 13.1 Å². The zero-order valence-corrected chi connectivity index (χ0v) is 10.1. The Kier molecular flexibility index (Phi) is 4.09. The van der Waals surface area contributed by atoms with Gasteiger partial charge in [0.1, 0.15) is 5.75 Å². The van der Waals surface area contributed by atoms with Crippen molar-refractivity contribution in [2.45, 2.75) is 13.3 Å². The smallest absolute Gasteiger partial charge is 0.328 e. The maximum absolute atomic E-state index is 13.9. The van der Waals surface area contributed by atoms with Crippen LogP contribution in [0.4, 0.5) is 14.9 Å². The average molecular weight is 254 g/mol. The van der Waals surface area contributed by atoms with Crippen LogP contribution in [0.3, 0.4) is 0 Å². The zero-order valence-electron chi connectivity index (χ0n) is 10.1. The monoisotopic (exact) mass is 254 g/mol. The van der Waals surface area contributed by atoms with Crippen LogP contribution in [0.15, 0.2) is 12.1 Å². The summed E-state index contributed by atoms with van der Waals surface area (Å²) in [6.07, 6.45) is 0.376. The summed E-state index contributed by atoms with van der Waals surface area (Å²) in [5.74, 6) is -1.66. The minimum absolute atomic E-state index is 0.123. The minimum Gasteiger partial charge on any atom is -0.508 e. The SMILES string of the molecule is CCc1cc(O)cc(F)c1N(C(=N)N)C(=O)NC. The van der Waals surface area contributed by atoms with Gasteiger partial charge in [0.05, 0.1) is 5.69 Å². The number of hydrogen-bond donors (Lipinski definition) is 4. The number of guanidine groups is 1. The lowest BCUT2D eigenvalue weighted by atomic mass is 10.1. The van der Waals surface area contributed by atoms with E-state index in [-0.39, 0.29) is 11.4 Å². The summed E-state index contributed by atoms with van der Waals surface area (Å²) in [6.45, 7) is 1.74. The molecule has 18 heavy (non-hydrogen) atoms. The Hall–Kier alpha value is -2.31. The molecule has 1 rings (SSSR count). The van der Waals surface area contributed by atoms with E-state index >= 15 is 0 Å². The molecule has 7 heteroatoms. The van der Waals surface area contributed by atoms with Gasteiger partial charge in [0, 0.05) is 13.1 Å². The lowest BCUT2D eigenvalue weighted by Crippen LogP contribution is -2.47. The van der Waals surface area contributed by atoms with Gasteiger partial charge < -0.3 is 16.2 Å². The third-order valence-electron chi connectivity index (χ3n) is 2.39. The maximum Gasteiger partial charge on any atom is 0.328 e. The van der Waals surface area contributed by atoms with Gasteiger partial charge in [-0.2, -0.15) is 0 Å². The second-order valence-corrected chi connectivity index (χ2v) is 3.56. The first kappa shape index (κ1) is 13.8. The molecule has 0 atom stereocenters. The van der Waals surface area contributed by atoms with Crippen LogP contribution in [-0.2, 0) is 6.42 Å². The van der Waals surface area contributed by atoms with Crippen molar-refractivity contribution in [3.05, 3.63) is 23.5 Å². The number of amides is 2. The van der Waals surface area contributed by atoms with Crippen LogP contribution in [0.5, 0.6) is 5.75 Å². The van der Waals surface area contributed by atoms with E-state index in [0.29, 0.717) is 16.9 Å². The highest BCUT2D eigenvalue weighted by Crippen LogP contribution is 2.29. The fourth-order valence-corrected chi connectivity index (χ4v) is 1.60. The number of aromatic hydroxyl groups is 1. The summed E-state index contributed by atoms with van der Waals surface area (Å²) in [5, 5.41) is 19.0. The quantitative estimate of drug-likeness (QED) is 0.470. The molecule has 0 spiro atoms. The van der Waals surface area contributed by atoms with Crippen LogP contribution in [0.1, 0.15) is 12.5 Å². The number of phenols is 1. The number of hydrogen-bond acceptors (Lipinski definition) is 3. The number of carbonyl (C=O) groups excluding carboxylic acids is 1. The fourth-order valence-electron chi connectivity index (χ4n) is 1.60. The summed E-state index contributed by atoms with van der Waals surface area (Å²) in [5.41, 5.74) is 5.55. The molecular weight excluding hydrogens is 239 g/mol. The molecule has 0 fully saturated rings. The van der Waals surface area contributed by atoms with E-state index in [4.69, 9.17) is 11.1 Å². The van der Waals surface area contributed by atoms with Crippen molar-refractivity contribution in [1.82, 2.24) is 5.32 Å². The molecule has 1 aromatic carbocycles. The Morgan fingerprint density at radius 2 is 2.22 bits per heavy atom. The van der Waals surface area contributed by atoms with Crippen LogP contribution in [-0.4, -0.2) is 24.1 Å². The van der Waals surface area contributed by atoms with Gasteiger partial charge in [-0.1, -0.05) is 6.92 Å². The number of halogens is 1. The number of benzene rings is 1. The molecule has 98 valence electrons. The highest BCUT2D eigenvalue weighted by molar-refractivity contribution is 6.14. The topological polar surface area (TPSA) is 102 Å². The molecule has 0 unspecified atom stereocenters. The number of phenolic OH excluding ortho intramolecular Hbond substituents is 1. The Morgan fingerprint density at radius 1 is 1.61 bits per heavy atom. The van der Waals surface area contributed by atoms with Crippen LogP contribution in [0, 0.1) is 11.2 Å². The van der Waals surface area contributed by atoms with Crippen LogP contribution < -0.4 is 16.0 Å². The second kappa shape index (κ2) is 5.35. The van der Waals surface area contributed by atoms with Gasteiger partial charge in [0.15, 0.2) is 5.82 Å². The van der Waals surface area contributed by atoms with Crippen LogP contribution in [0.25, 0.3) is 0 Å². The molecule has 1 aromatic rings. The third kappa shape index (κ3) is 2.50. The van der Waals surface area contributed by atoms with Crippen molar-refractivity contribution in [2.75, 3.05) is 11.9 Å². The predicted octanol–water partition coefficient (Wildman–Crippen LogP) is 1.13. The standard InChI is InChI=1S/C11H15FN4O2/c1-3-6-4-7(17)5-8(12)9(6)16(10(13)14)11(18)15-2/h4-5,17H,3H2,1-2H3,(H3,13,14)(H,15,18). The molecule has 0 aliphatic carbocycles. The van der Waals surface area contributed by atoms with Gasteiger partial charge in [0.2, 0.25) is 5.96 Å². The van der Waals surface area contributed by atoms with E-state index in [9.17, 15) is 14.3 Å². The number of nitrogens with two attached hydrogens (primary N) is 1. The molecule has 0 bridgehead atoms. The number of nitrogens with zero attached hydrogens (tertiary/aromatic N) is 1. The van der Waals surface area contributed by atoms with Crippen LogP contribution >= 0.6 is 0 Å². The maximum atomic E-state index is 13.9. The highest BCUT2D eigenvalue weighted by Gasteiger charge is 2.24. The van der Waals surface area contributed by atoms with E-state index in [0.717, 1.165) is 6.07 Å². The summed E-state index contributed by atoms with van der Waals surface area (Å²) in [6, 6.07) is 1.48. The third-order valence-corrected chi connectivity index (χ3v) is 2.39. The first-order chi connectivity index (χ1) is 8.42. The molecule has 5 N–H and O–H groups in total. The number of anilines is 1. The number of aryl methyl sites for hydroxylation is 1. The lowest BCUT2D eigenvalue weighted by Gasteiger charge is -2.23. The number of carbonyl (C=O) groups is 1. The van der Waals surface area contributed by atoms with Crippen molar-refractivity contribution in [1.29, 1.82) is 5.41 Å². The van der Waals surface area contributed by atoms with E-state index in [1.54, 1.807) is 6.92 Å². The van der Waals surface area contributed by atoms with Gasteiger partial charge in [-0.25, -0.2) is 14.1 Å². The van der Waals surface area contributed by atoms with Crippen LogP contribution in [0.2, 0.25) is 0 Å². The van der Waals surface area contributed by atoms with Crippen molar-refractivity contribution in [3.63, 3.8) is 0 Å². The van der Waals surface area contributed by atoms with Gasteiger partial charge in [-0.3, -0.25) is 5.41 Å². The molecule has 0 aromatic heterocycles. The summed E-state index contributed by atoms with van der Waals surface area (Å²) >= 11 is 0. The highest BCUT2D eigenvalue weighted by atomic mass is 19.1. The second-order valence-electron chi connectivity index (χ2n) is 3.56. The molecule has 0 saturated carbocycles. The van der Waals surface area contributed by atoms with E-state index in [2.05, 4.69) is 5.32 Å². The number of rotatable bonds is 2. The predicted molar refractivity (Wildman–Crippen MR) is 66.3 cm³/mol. The minimum atomic E-state index is -0.814. The van der Waals surface area contributed by atoms with Crippen molar-refractivity contribution in [3.8, 4) is 5.75 Å². The molecule has 0 radical (unpaired) electrons. The molecule has 0 aliphatic rings. The molecule has 0 saturated heterocycles. The summed E-state index contributed by atoms with van der Waals surface area (Å²) in [4.78, 5) is 12.3. The molecule has 6 nitrogen and oxygen atoms in total. The lowest BCUT2D eigenvalue weighted by molar-refractivity contribution is 0.250. The Morgan fingerprint density at radius 3 is 2.67 bits per heavy atom. The van der Waals surface area contributed by atoms with Gasteiger partial charge in [-0.05, 0) is 18.1 Å². The van der Waals surface area contributed by atoms with Crippen molar-refractivity contribution in [2.24, 2.45) is 5.73 Å². The van der Waals surface area contributed by atoms with Gasteiger partial charge in [0.25, 0.3) is 0 Å². The molecular formula is C11H15FN4O2. The Labute approximate surface area is 104 Å². The van der Waals surface area contributed by atoms with Crippen molar-refractivity contribution >= 4 is 17.7 Å². The van der Waals surface area contributed by atoms with Gasteiger partial charge >= 0.3 is 6.03 Å². The summed E-state index contributed by atoms with van der Waals surface area (Å²) in [7, 11) is 1.35. The first-order valence-corrected chi connectivity index (χ1v) is 5.29. The Bertz CT molecular complexity index is 490. The number of nitrogens with one attached hydrogen (secondary N) is 2. The molecule has 0 heterocycles. The first-order valence-electron chi connectivity index (χ1n) is 5.29. The van der Waals surface area contributed by atoms with Crippen molar-refractivity contribution < 1.29 is 14.3 Å². The zero-order chi connectivity index (χ0) is 13.9. The van der Waals surface area contributed by atoms with E-state index in [1.807, 2.05) is 0 Å². The summed E-state index contributed by atoms with van der Waals surface area (Å²) < 4.78 is 13.9. The van der Waals surface area contributed by atoms with E-state index < -0.39 is 17.8 Å². The fraction of sp³-hybridized carbons (Fsp3) is 0.273. The molecule has 0 aliphatic heterocycles.